The van der Waals surface area contributed by atoms with Crippen LogP contribution in [-0.2, 0) is 0 Å². The van der Waals surface area contributed by atoms with Crippen LogP contribution in [0.15, 0.2) is 67.1 Å². The minimum Gasteiger partial charge on any atom is -0.435 e. The highest BCUT2D eigenvalue weighted by Gasteiger charge is 2.11. The van der Waals surface area contributed by atoms with Gasteiger partial charge in [-0.1, -0.05) is 18.2 Å². The third-order valence-electron chi connectivity index (χ3n) is 4.33. The molecule has 0 fully saturated rings. The Kier molecular flexibility index (Phi) is 5.25. The molecular weight excluding hydrogens is 392 g/mol. The van der Waals surface area contributed by atoms with Gasteiger partial charge in [0.1, 0.15) is 5.75 Å². The summed E-state index contributed by atoms with van der Waals surface area (Å²) in [6.07, 6.45) is 5.37. The molecule has 2 amide bonds. The first-order chi connectivity index (χ1) is 14.5. The van der Waals surface area contributed by atoms with Gasteiger partial charge in [-0.2, -0.15) is 8.78 Å². The Labute approximate surface area is 170 Å². The molecule has 0 atom stereocenters. The molecule has 0 aliphatic rings. The topological polar surface area (TPSA) is 80.5 Å². The van der Waals surface area contributed by atoms with Gasteiger partial charge in [0.25, 0.3) is 0 Å². The quantitative estimate of drug-likeness (QED) is 0.489. The van der Waals surface area contributed by atoms with Crippen LogP contribution >= 0.6 is 0 Å². The molecule has 2 aromatic carbocycles. The molecule has 152 valence electrons. The van der Waals surface area contributed by atoms with Crippen LogP contribution in [0.5, 0.6) is 5.75 Å². The zero-order chi connectivity index (χ0) is 21.1. The summed E-state index contributed by atoms with van der Waals surface area (Å²) >= 11 is 0. The second-order valence-electron chi connectivity index (χ2n) is 6.47. The van der Waals surface area contributed by atoms with Crippen LogP contribution in [0.25, 0.3) is 17.0 Å². The van der Waals surface area contributed by atoms with E-state index in [0.717, 1.165) is 11.1 Å². The van der Waals surface area contributed by atoms with Gasteiger partial charge in [-0.25, -0.2) is 14.8 Å². The van der Waals surface area contributed by atoms with Crippen LogP contribution in [0, 0.1) is 6.92 Å². The molecule has 0 unspecified atom stereocenters. The number of carbonyl (C=O) groups excluding carboxylic acids is 1. The van der Waals surface area contributed by atoms with Crippen LogP contribution in [0.1, 0.15) is 5.56 Å². The fraction of sp³-hybridized carbons (Fsp3) is 0.0952. The van der Waals surface area contributed by atoms with E-state index < -0.39 is 12.6 Å². The third kappa shape index (κ3) is 4.35. The van der Waals surface area contributed by atoms with Crippen molar-refractivity contribution in [3.8, 4) is 17.0 Å². The maximum Gasteiger partial charge on any atom is 0.387 e. The van der Waals surface area contributed by atoms with E-state index in [1.165, 1.54) is 18.2 Å². The highest BCUT2D eigenvalue weighted by atomic mass is 19.3. The van der Waals surface area contributed by atoms with E-state index in [1.807, 2.05) is 48.0 Å². The van der Waals surface area contributed by atoms with Crippen LogP contribution in [0.2, 0.25) is 0 Å². The Morgan fingerprint density at radius 3 is 2.80 bits per heavy atom. The van der Waals surface area contributed by atoms with Gasteiger partial charge in [-0.05, 0) is 36.8 Å². The predicted molar refractivity (Wildman–Crippen MR) is 109 cm³/mol. The van der Waals surface area contributed by atoms with Gasteiger partial charge in [-0.15, -0.1) is 0 Å². The Hall–Kier alpha value is -4.01. The van der Waals surface area contributed by atoms with E-state index in [0.29, 0.717) is 22.8 Å². The molecule has 0 radical (unpaired) electrons. The molecule has 30 heavy (non-hydrogen) atoms. The number of nitrogens with zero attached hydrogens (tertiary/aromatic N) is 3. The Balaban J connectivity index is 1.51. The first-order valence-electron chi connectivity index (χ1n) is 9.01. The average Bonchev–Trinajstić information content (AvgIpc) is 3.13. The number of aryl methyl sites for hydroxylation is 1. The van der Waals surface area contributed by atoms with Crippen LogP contribution in [-0.4, -0.2) is 27.0 Å². The van der Waals surface area contributed by atoms with Crippen molar-refractivity contribution in [2.45, 2.75) is 13.5 Å². The number of hydrogen-bond donors (Lipinski definition) is 2. The monoisotopic (exact) mass is 409 g/mol. The molecule has 0 aliphatic heterocycles. The van der Waals surface area contributed by atoms with E-state index in [9.17, 15) is 13.6 Å². The van der Waals surface area contributed by atoms with Crippen molar-refractivity contribution in [3.05, 3.63) is 72.7 Å². The van der Waals surface area contributed by atoms with Crippen LogP contribution < -0.4 is 15.4 Å². The molecule has 4 rings (SSSR count). The van der Waals surface area contributed by atoms with Gasteiger partial charge >= 0.3 is 12.6 Å². The van der Waals surface area contributed by atoms with Crippen molar-refractivity contribution in [3.63, 3.8) is 0 Å². The van der Waals surface area contributed by atoms with Gasteiger partial charge in [-0.3, -0.25) is 4.40 Å². The van der Waals surface area contributed by atoms with Crippen molar-refractivity contribution in [2.75, 3.05) is 10.6 Å². The fourth-order valence-electron chi connectivity index (χ4n) is 2.92. The lowest BCUT2D eigenvalue weighted by Gasteiger charge is -2.12. The minimum absolute atomic E-state index is 0.0403. The molecule has 0 saturated heterocycles. The summed E-state index contributed by atoms with van der Waals surface area (Å²) < 4.78 is 30.9. The standard InChI is InChI=1S/C21H17F2N5O2/c1-13-6-7-14(18-12-28-9-3-8-24-20(28)26-18)10-17(13)27-21(29)25-15-4-2-5-16(11-15)30-19(22)23/h2-12,19H,1H3,(H2,25,27,29). The molecule has 2 heterocycles. The maximum absolute atomic E-state index is 12.4. The number of carbonyl (C=O) groups is 1. The second-order valence-corrected chi connectivity index (χ2v) is 6.47. The molecule has 0 saturated carbocycles. The number of alkyl halides is 2. The summed E-state index contributed by atoms with van der Waals surface area (Å²) in [5.41, 5.74) is 3.30. The molecule has 2 aromatic heterocycles. The van der Waals surface area contributed by atoms with E-state index in [2.05, 4.69) is 25.3 Å². The lowest BCUT2D eigenvalue weighted by molar-refractivity contribution is -0.0497. The number of benzene rings is 2. The van der Waals surface area contributed by atoms with Crippen molar-refractivity contribution in [1.82, 2.24) is 14.4 Å². The average molecular weight is 409 g/mol. The number of ether oxygens (including phenoxy) is 1. The first kappa shape index (κ1) is 19.3. The van der Waals surface area contributed by atoms with Crippen LogP contribution in [0.4, 0.5) is 25.0 Å². The highest BCUT2D eigenvalue weighted by molar-refractivity contribution is 6.00. The maximum atomic E-state index is 12.4. The summed E-state index contributed by atoms with van der Waals surface area (Å²) in [5.74, 6) is 0.535. The SMILES string of the molecule is Cc1ccc(-c2cn3cccnc3n2)cc1NC(=O)Nc1cccc(OC(F)F)c1. The number of amides is 2. The zero-order valence-electron chi connectivity index (χ0n) is 15.8. The molecule has 0 bridgehead atoms. The van der Waals surface area contributed by atoms with E-state index in [4.69, 9.17) is 0 Å². The number of anilines is 2. The van der Waals surface area contributed by atoms with Gasteiger partial charge in [0, 0.05) is 41.6 Å². The summed E-state index contributed by atoms with van der Waals surface area (Å²) in [5, 5.41) is 5.38. The lowest BCUT2D eigenvalue weighted by atomic mass is 10.1. The largest absolute Gasteiger partial charge is 0.435 e. The molecule has 2 N–H and O–H groups in total. The lowest BCUT2D eigenvalue weighted by Crippen LogP contribution is -2.20. The molecule has 7 nitrogen and oxygen atoms in total. The van der Waals surface area contributed by atoms with Crippen molar-refractivity contribution in [2.24, 2.45) is 0 Å². The zero-order valence-corrected chi connectivity index (χ0v) is 15.8. The number of urea groups is 1. The van der Waals surface area contributed by atoms with Crippen molar-refractivity contribution >= 4 is 23.2 Å². The molecule has 9 heteroatoms. The van der Waals surface area contributed by atoms with E-state index >= 15 is 0 Å². The number of nitrogens with one attached hydrogen (secondary N) is 2. The number of rotatable bonds is 5. The number of fused-ring (bicyclic) bond motifs is 1. The molecule has 4 aromatic rings. The van der Waals surface area contributed by atoms with Crippen LogP contribution in [0.3, 0.4) is 0 Å². The predicted octanol–water partition coefficient (Wildman–Crippen LogP) is 4.95. The Morgan fingerprint density at radius 1 is 1.13 bits per heavy atom. The molecular formula is C21H17F2N5O2. The summed E-state index contributed by atoms with van der Waals surface area (Å²) in [6.45, 7) is -1.07. The first-order valence-corrected chi connectivity index (χ1v) is 9.01. The minimum atomic E-state index is -2.94. The Bertz CT molecular complexity index is 1180. The molecule has 0 aliphatic carbocycles. The van der Waals surface area contributed by atoms with Gasteiger partial charge in [0.15, 0.2) is 0 Å². The normalized spacial score (nSPS) is 10.9. The number of imidazole rings is 1. The third-order valence-corrected chi connectivity index (χ3v) is 4.33. The number of aromatic nitrogens is 3. The summed E-state index contributed by atoms with van der Waals surface area (Å²) in [4.78, 5) is 21.1. The van der Waals surface area contributed by atoms with Gasteiger partial charge in [0.05, 0.1) is 5.69 Å². The summed E-state index contributed by atoms with van der Waals surface area (Å²) in [6, 6.07) is 12.7. The highest BCUT2D eigenvalue weighted by Crippen LogP contribution is 2.25. The van der Waals surface area contributed by atoms with Gasteiger partial charge < -0.3 is 15.4 Å². The second kappa shape index (κ2) is 8.16. The Morgan fingerprint density at radius 2 is 2.00 bits per heavy atom. The van der Waals surface area contributed by atoms with E-state index in [1.54, 1.807) is 12.3 Å². The van der Waals surface area contributed by atoms with E-state index in [-0.39, 0.29) is 5.75 Å². The van der Waals surface area contributed by atoms with Crippen molar-refractivity contribution in [1.29, 1.82) is 0 Å². The smallest absolute Gasteiger partial charge is 0.387 e. The fourth-order valence-corrected chi connectivity index (χ4v) is 2.92. The van der Waals surface area contributed by atoms with Crippen molar-refractivity contribution < 1.29 is 18.3 Å². The number of halogens is 2. The number of hydrogen-bond acceptors (Lipinski definition) is 4. The molecule has 0 spiro atoms. The van der Waals surface area contributed by atoms with Gasteiger partial charge in [0.2, 0.25) is 5.78 Å². The summed E-state index contributed by atoms with van der Waals surface area (Å²) in [7, 11) is 0.